The second-order valence-corrected chi connectivity index (χ2v) is 2.21. The summed E-state index contributed by atoms with van der Waals surface area (Å²) in [7, 11) is 3.96. The molecule has 1 aromatic heterocycles. The van der Waals surface area contributed by atoms with Crippen LogP contribution in [0.5, 0.6) is 6.01 Å². The summed E-state index contributed by atoms with van der Waals surface area (Å²) in [5.41, 5.74) is -0.733. The molecular weight excluding hydrogens is 192 g/mol. The molecule has 1 rings (SSSR count). The molecule has 0 spiro atoms. The Hall–Kier alpha value is -1.99. The first kappa shape index (κ1) is 10.1. The summed E-state index contributed by atoms with van der Waals surface area (Å²) in [6, 6.07) is -0.759. The molecule has 0 atom stereocenters. The molecule has 0 saturated heterocycles. The highest BCUT2D eigenvalue weighted by atomic mass is 16.7. The molecule has 8 nitrogen and oxygen atoms in total. The number of carbonyl (C=O) groups excluding carboxylic acids is 1. The predicted molar refractivity (Wildman–Crippen MR) is 45.4 cm³/mol. The highest BCUT2D eigenvalue weighted by molar-refractivity contribution is 5.74. The molecule has 0 saturated carbocycles. The van der Waals surface area contributed by atoms with Gasteiger partial charge < -0.3 is 14.9 Å². The Balaban J connectivity index is 3.28. The Bertz CT molecular complexity index is 393. The summed E-state index contributed by atoms with van der Waals surface area (Å²) in [5.74, 6) is 0. The standard InChI is InChI=1S/C6H10N4O4/c1-7-4(11)9-6(12)10(14-3)5(8-9)13-2/h1-3H3,(H,7,11). The molecule has 0 fully saturated rings. The first-order valence-corrected chi connectivity index (χ1v) is 3.68. The molecule has 1 heterocycles. The summed E-state index contributed by atoms with van der Waals surface area (Å²) in [6.07, 6.45) is 0. The third kappa shape index (κ3) is 1.41. The highest BCUT2D eigenvalue weighted by Crippen LogP contribution is 1.98. The molecule has 0 aliphatic rings. The van der Waals surface area contributed by atoms with Crippen LogP contribution in [0.3, 0.4) is 0 Å². The molecule has 0 aliphatic carbocycles. The molecule has 8 heteroatoms. The van der Waals surface area contributed by atoms with E-state index in [1.807, 2.05) is 0 Å². The number of hydrogen-bond donors (Lipinski definition) is 1. The van der Waals surface area contributed by atoms with E-state index in [2.05, 4.69) is 15.3 Å². The van der Waals surface area contributed by atoms with E-state index in [4.69, 9.17) is 4.74 Å². The van der Waals surface area contributed by atoms with E-state index >= 15 is 0 Å². The van der Waals surface area contributed by atoms with Gasteiger partial charge in [-0.1, -0.05) is 4.73 Å². The van der Waals surface area contributed by atoms with Gasteiger partial charge in [0, 0.05) is 7.05 Å². The van der Waals surface area contributed by atoms with Crippen LogP contribution >= 0.6 is 0 Å². The summed E-state index contributed by atoms with van der Waals surface area (Å²) < 4.78 is 6.08. The number of methoxy groups -OCH3 is 1. The number of aromatic nitrogens is 3. The van der Waals surface area contributed by atoms with Crippen molar-refractivity contribution in [2.75, 3.05) is 21.3 Å². The van der Waals surface area contributed by atoms with Crippen molar-refractivity contribution in [2.24, 2.45) is 0 Å². The van der Waals surface area contributed by atoms with Gasteiger partial charge in [0.25, 0.3) is 0 Å². The van der Waals surface area contributed by atoms with Crippen LogP contribution in [0.25, 0.3) is 0 Å². The second kappa shape index (κ2) is 3.81. The van der Waals surface area contributed by atoms with Crippen LogP contribution in [-0.2, 0) is 0 Å². The van der Waals surface area contributed by atoms with Gasteiger partial charge >= 0.3 is 17.7 Å². The van der Waals surface area contributed by atoms with Gasteiger partial charge in [-0.3, -0.25) is 0 Å². The highest BCUT2D eigenvalue weighted by Gasteiger charge is 2.18. The van der Waals surface area contributed by atoms with Crippen molar-refractivity contribution in [1.29, 1.82) is 0 Å². The fourth-order valence-corrected chi connectivity index (χ4v) is 0.855. The van der Waals surface area contributed by atoms with Gasteiger partial charge in [0.1, 0.15) is 7.11 Å². The van der Waals surface area contributed by atoms with Gasteiger partial charge in [0.05, 0.1) is 7.11 Å². The maximum absolute atomic E-state index is 11.4. The molecule has 1 amide bonds. The lowest BCUT2D eigenvalue weighted by molar-refractivity contribution is 0.128. The first-order chi connectivity index (χ1) is 6.65. The number of amides is 1. The quantitative estimate of drug-likeness (QED) is 0.617. The smallest absolute Gasteiger partial charge is 0.391 e. The fourth-order valence-electron chi connectivity index (χ4n) is 0.855. The van der Waals surface area contributed by atoms with Gasteiger partial charge in [0.15, 0.2) is 0 Å². The molecule has 1 aromatic rings. The van der Waals surface area contributed by atoms with E-state index in [1.165, 1.54) is 21.3 Å². The molecular formula is C6H10N4O4. The molecule has 14 heavy (non-hydrogen) atoms. The number of ether oxygens (including phenoxy) is 1. The third-order valence-corrected chi connectivity index (χ3v) is 1.49. The Kier molecular flexibility index (Phi) is 2.75. The van der Waals surface area contributed by atoms with Crippen LogP contribution < -0.4 is 20.6 Å². The first-order valence-electron chi connectivity index (χ1n) is 3.68. The lowest BCUT2D eigenvalue weighted by atomic mass is 10.9. The Morgan fingerprint density at radius 1 is 1.50 bits per heavy atom. The molecule has 1 N–H and O–H groups in total. The zero-order chi connectivity index (χ0) is 10.7. The Morgan fingerprint density at radius 3 is 2.50 bits per heavy atom. The van der Waals surface area contributed by atoms with E-state index in [0.717, 1.165) is 4.73 Å². The van der Waals surface area contributed by atoms with Crippen LogP contribution in [0.15, 0.2) is 4.79 Å². The zero-order valence-electron chi connectivity index (χ0n) is 7.97. The average Bonchev–Trinajstić information content (AvgIpc) is 2.53. The van der Waals surface area contributed by atoms with Crippen molar-refractivity contribution in [3.05, 3.63) is 10.5 Å². The largest absolute Gasteiger partial charge is 0.465 e. The van der Waals surface area contributed by atoms with E-state index in [9.17, 15) is 9.59 Å². The minimum absolute atomic E-state index is 0.0962. The van der Waals surface area contributed by atoms with Crippen molar-refractivity contribution in [2.45, 2.75) is 0 Å². The maximum Gasteiger partial charge on any atom is 0.391 e. The molecule has 0 unspecified atom stereocenters. The van der Waals surface area contributed by atoms with Crippen molar-refractivity contribution in [3.8, 4) is 6.01 Å². The molecule has 0 aliphatic heterocycles. The number of nitrogens with one attached hydrogen (secondary N) is 1. The van der Waals surface area contributed by atoms with Crippen LogP contribution in [0, 0.1) is 0 Å². The average molecular weight is 202 g/mol. The summed E-state index contributed by atoms with van der Waals surface area (Å²) >= 11 is 0. The van der Waals surface area contributed by atoms with Crippen LogP contribution in [-0.4, -0.2) is 41.8 Å². The summed E-state index contributed by atoms with van der Waals surface area (Å²) in [6.45, 7) is 0. The number of rotatable bonds is 2. The minimum Gasteiger partial charge on any atom is -0.465 e. The summed E-state index contributed by atoms with van der Waals surface area (Å²) in [4.78, 5) is 27.1. The van der Waals surface area contributed by atoms with Gasteiger partial charge in [0.2, 0.25) is 0 Å². The molecule has 0 aromatic carbocycles. The Morgan fingerprint density at radius 2 is 2.14 bits per heavy atom. The van der Waals surface area contributed by atoms with E-state index in [-0.39, 0.29) is 6.01 Å². The van der Waals surface area contributed by atoms with Crippen molar-refractivity contribution < 1.29 is 14.4 Å². The fraction of sp³-hybridized carbons (Fsp3) is 0.500. The van der Waals surface area contributed by atoms with Crippen LogP contribution in [0.2, 0.25) is 0 Å². The minimum atomic E-state index is -0.733. The van der Waals surface area contributed by atoms with Gasteiger partial charge in [-0.15, -0.1) is 9.78 Å². The summed E-state index contributed by atoms with van der Waals surface area (Å²) in [5, 5.41) is 5.83. The van der Waals surface area contributed by atoms with Crippen LogP contribution in [0.1, 0.15) is 0 Å². The lowest BCUT2D eigenvalue weighted by Crippen LogP contribution is -2.37. The van der Waals surface area contributed by atoms with E-state index < -0.39 is 11.7 Å². The van der Waals surface area contributed by atoms with Crippen molar-refractivity contribution in [3.63, 3.8) is 0 Å². The van der Waals surface area contributed by atoms with Gasteiger partial charge in [-0.25, -0.2) is 9.59 Å². The van der Waals surface area contributed by atoms with E-state index in [0.29, 0.717) is 4.68 Å². The molecule has 0 radical (unpaired) electrons. The van der Waals surface area contributed by atoms with Crippen molar-refractivity contribution >= 4 is 6.03 Å². The third-order valence-electron chi connectivity index (χ3n) is 1.49. The van der Waals surface area contributed by atoms with Gasteiger partial charge in [-0.05, 0) is 0 Å². The van der Waals surface area contributed by atoms with E-state index in [1.54, 1.807) is 0 Å². The lowest BCUT2D eigenvalue weighted by Gasteiger charge is -1.98. The Labute approximate surface area is 79.0 Å². The maximum atomic E-state index is 11.4. The monoisotopic (exact) mass is 202 g/mol. The molecule has 0 bridgehead atoms. The van der Waals surface area contributed by atoms with Crippen LogP contribution in [0.4, 0.5) is 4.79 Å². The van der Waals surface area contributed by atoms with Gasteiger partial charge in [-0.2, -0.15) is 0 Å². The number of nitrogens with zero attached hydrogens (tertiary/aromatic N) is 3. The topological polar surface area (TPSA) is 87.4 Å². The second-order valence-electron chi connectivity index (χ2n) is 2.21. The SMILES string of the molecule is CNC(=O)n1nc(OC)n(OC)c1=O. The van der Waals surface area contributed by atoms with Crippen molar-refractivity contribution in [1.82, 2.24) is 19.8 Å². The number of carbonyl (C=O) groups is 1. The zero-order valence-corrected chi connectivity index (χ0v) is 7.97. The number of hydrogen-bond acceptors (Lipinski definition) is 5. The molecule has 78 valence electrons. The predicted octanol–water partition coefficient (Wildman–Crippen LogP) is -1.70. The normalized spacial score (nSPS) is 9.64.